The van der Waals surface area contributed by atoms with Crippen LogP contribution in [-0.4, -0.2) is 21.3 Å². The van der Waals surface area contributed by atoms with Gasteiger partial charge in [-0.25, -0.2) is 13.1 Å². The lowest BCUT2D eigenvalue weighted by atomic mass is 10.0. The van der Waals surface area contributed by atoms with Crippen molar-refractivity contribution in [2.24, 2.45) is 0 Å². The monoisotopic (exact) mass is 305 g/mol. The number of rotatable bonds is 2. The minimum Gasteiger partial charge on any atom is -0.493 e. The molecule has 1 unspecified atom stereocenters. The first kappa shape index (κ1) is 11.9. The summed E-state index contributed by atoms with van der Waals surface area (Å²) in [6.07, 6.45) is 1.82. The first-order valence-electron chi connectivity index (χ1n) is 4.85. The highest BCUT2D eigenvalue weighted by Gasteiger charge is 2.23. The third-order valence-corrected chi connectivity index (χ3v) is 3.58. The van der Waals surface area contributed by atoms with Gasteiger partial charge in [0.1, 0.15) is 5.75 Å². The molecule has 1 atom stereocenters. The van der Waals surface area contributed by atoms with E-state index in [2.05, 4.69) is 20.7 Å². The van der Waals surface area contributed by atoms with Gasteiger partial charge in [0.25, 0.3) is 0 Å². The molecule has 1 heterocycles. The second-order valence-electron chi connectivity index (χ2n) is 3.76. The van der Waals surface area contributed by atoms with E-state index in [-0.39, 0.29) is 6.04 Å². The Labute approximate surface area is 103 Å². The summed E-state index contributed by atoms with van der Waals surface area (Å²) in [4.78, 5) is 0. The van der Waals surface area contributed by atoms with Crippen LogP contribution in [0.25, 0.3) is 0 Å². The Hall–Kier alpha value is -0.590. The van der Waals surface area contributed by atoms with Crippen LogP contribution in [0.4, 0.5) is 0 Å². The number of hydrogen-bond acceptors (Lipinski definition) is 3. The maximum Gasteiger partial charge on any atom is 0.209 e. The fourth-order valence-electron chi connectivity index (χ4n) is 1.74. The van der Waals surface area contributed by atoms with Crippen molar-refractivity contribution in [1.82, 2.24) is 4.72 Å². The van der Waals surface area contributed by atoms with Crippen LogP contribution in [0.5, 0.6) is 5.75 Å². The second-order valence-corrected chi connectivity index (χ2v) is 6.46. The first-order valence-corrected chi connectivity index (χ1v) is 7.54. The average molecular weight is 306 g/mol. The normalized spacial score (nSPS) is 20.0. The molecule has 1 N–H and O–H groups in total. The summed E-state index contributed by atoms with van der Waals surface area (Å²) in [5.74, 6) is 0.738. The Kier molecular flexibility index (Phi) is 3.23. The summed E-state index contributed by atoms with van der Waals surface area (Å²) >= 11 is 3.35. The molecule has 6 heteroatoms. The van der Waals surface area contributed by atoms with Gasteiger partial charge in [-0.1, -0.05) is 22.0 Å². The molecular weight excluding hydrogens is 294 g/mol. The van der Waals surface area contributed by atoms with E-state index >= 15 is 0 Å². The molecule has 0 aliphatic carbocycles. The SMILES string of the molecule is CS(=O)(=O)NC1CCOc2cc(Br)ccc21. The molecule has 0 bridgehead atoms. The average Bonchev–Trinajstić information content (AvgIpc) is 2.15. The van der Waals surface area contributed by atoms with Crippen LogP contribution < -0.4 is 9.46 Å². The summed E-state index contributed by atoms with van der Waals surface area (Å²) in [6.45, 7) is 0.524. The van der Waals surface area contributed by atoms with Gasteiger partial charge in [0.05, 0.1) is 18.9 Å². The number of hydrogen-bond donors (Lipinski definition) is 1. The molecule has 1 aromatic rings. The molecule has 1 aromatic carbocycles. The van der Waals surface area contributed by atoms with E-state index in [0.29, 0.717) is 13.0 Å². The van der Waals surface area contributed by atoms with E-state index in [0.717, 1.165) is 15.8 Å². The number of nitrogens with one attached hydrogen (secondary N) is 1. The minimum absolute atomic E-state index is 0.188. The lowest BCUT2D eigenvalue weighted by molar-refractivity contribution is 0.263. The van der Waals surface area contributed by atoms with E-state index in [4.69, 9.17) is 4.74 Å². The Morgan fingerprint density at radius 2 is 2.25 bits per heavy atom. The predicted molar refractivity (Wildman–Crippen MR) is 65.0 cm³/mol. The number of sulfonamides is 1. The molecule has 88 valence electrons. The van der Waals surface area contributed by atoms with E-state index in [1.165, 1.54) is 6.26 Å². The highest BCUT2D eigenvalue weighted by molar-refractivity contribution is 9.10. The Balaban J connectivity index is 2.33. The molecule has 0 saturated carbocycles. The smallest absolute Gasteiger partial charge is 0.209 e. The quantitative estimate of drug-likeness (QED) is 0.907. The molecule has 0 spiro atoms. The molecule has 1 aliphatic rings. The molecule has 4 nitrogen and oxygen atoms in total. The van der Waals surface area contributed by atoms with Gasteiger partial charge in [-0.3, -0.25) is 0 Å². The Morgan fingerprint density at radius 1 is 1.50 bits per heavy atom. The Bertz CT molecular complexity index is 501. The molecule has 0 aromatic heterocycles. The standard InChI is InChI=1S/C10H12BrNO3S/c1-16(13,14)12-9-4-5-15-10-6-7(11)2-3-8(9)10/h2-3,6,9,12H,4-5H2,1H3. The van der Waals surface area contributed by atoms with Crippen LogP contribution in [-0.2, 0) is 10.0 Å². The van der Waals surface area contributed by atoms with Gasteiger partial charge in [0.2, 0.25) is 10.0 Å². The summed E-state index contributed by atoms with van der Waals surface area (Å²) in [6, 6.07) is 5.42. The van der Waals surface area contributed by atoms with Gasteiger partial charge < -0.3 is 4.74 Å². The molecular formula is C10H12BrNO3S. The third-order valence-electron chi connectivity index (χ3n) is 2.37. The first-order chi connectivity index (χ1) is 7.46. The molecule has 1 aliphatic heterocycles. The van der Waals surface area contributed by atoms with Gasteiger partial charge in [-0.15, -0.1) is 0 Å². The van der Waals surface area contributed by atoms with Crippen LogP contribution in [0.1, 0.15) is 18.0 Å². The van der Waals surface area contributed by atoms with Crippen molar-refractivity contribution in [2.45, 2.75) is 12.5 Å². The van der Waals surface area contributed by atoms with Crippen molar-refractivity contribution in [3.8, 4) is 5.75 Å². The van der Waals surface area contributed by atoms with Crippen molar-refractivity contribution >= 4 is 26.0 Å². The molecule has 0 amide bonds. The highest BCUT2D eigenvalue weighted by Crippen LogP contribution is 2.34. The van der Waals surface area contributed by atoms with Crippen molar-refractivity contribution in [3.05, 3.63) is 28.2 Å². The summed E-state index contributed by atoms with van der Waals surface area (Å²) in [5.41, 5.74) is 0.889. The molecule has 2 rings (SSSR count). The van der Waals surface area contributed by atoms with Crippen LogP contribution in [0.15, 0.2) is 22.7 Å². The van der Waals surface area contributed by atoms with Crippen LogP contribution in [0, 0.1) is 0 Å². The molecule has 0 radical (unpaired) electrons. The number of halogens is 1. The van der Waals surface area contributed by atoms with Crippen LogP contribution in [0.2, 0.25) is 0 Å². The van der Waals surface area contributed by atoms with E-state index in [1.807, 2.05) is 18.2 Å². The summed E-state index contributed by atoms with van der Waals surface area (Å²) in [5, 5.41) is 0. The molecule has 16 heavy (non-hydrogen) atoms. The Morgan fingerprint density at radius 3 is 2.94 bits per heavy atom. The zero-order valence-electron chi connectivity index (χ0n) is 8.73. The zero-order valence-corrected chi connectivity index (χ0v) is 11.1. The van der Waals surface area contributed by atoms with Crippen molar-refractivity contribution in [2.75, 3.05) is 12.9 Å². The van der Waals surface area contributed by atoms with Crippen LogP contribution >= 0.6 is 15.9 Å². The topological polar surface area (TPSA) is 55.4 Å². The maximum absolute atomic E-state index is 11.2. The fraction of sp³-hybridized carbons (Fsp3) is 0.400. The number of ether oxygens (including phenoxy) is 1. The van der Waals surface area contributed by atoms with Crippen LogP contribution in [0.3, 0.4) is 0 Å². The van der Waals surface area contributed by atoms with E-state index < -0.39 is 10.0 Å². The maximum atomic E-state index is 11.2. The summed E-state index contributed by atoms with van der Waals surface area (Å²) < 4.78 is 31.4. The van der Waals surface area contributed by atoms with Gasteiger partial charge in [-0.2, -0.15) is 0 Å². The lowest BCUT2D eigenvalue weighted by Gasteiger charge is -2.26. The largest absolute Gasteiger partial charge is 0.493 e. The number of benzene rings is 1. The van der Waals surface area contributed by atoms with Crippen molar-refractivity contribution in [3.63, 3.8) is 0 Å². The molecule has 0 saturated heterocycles. The molecule has 0 fully saturated rings. The summed E-state index contributed by atoms with van der Waals surface area (Å²) in [7, 11) is -3.19. The van der Waals surface area contributed by atoms with Gasteiger partial charge in [0, 0.05) is 16.5 Å². The zero-order chi connectivity index (χ0) is 11.8. The second kappa shape index (κ2) is 4.35. The van der Waals surface area contributed by atoms with Gasteiger partial charge in [0.15, 0.2) is 0 Å². The fourth-order valence-corrected chi connectivity index (χ4v) is 2.85. The van der Waals surface area contributed by atoms with Crippen molar-refractivity contribution < 1.29 is 13.2 Å². The third kappa shape index (κ3) is 2.75. The van der Waals surface area contributed by atoms with E-state index in [9.17, 15) is 8.42 Å². The highest BCUT2D eigenvalue weighted by atomic mass is 79.9. The predicted octanol–water partition coefficient (Wildman–Crippen LogP) is 1.82. The van der Waals surface area contributed by atoms with E-state index in [1.54, 1.807) is 0 Å². The van der Waals surface area contributed by atoms with Crippen molar-refractivity contribution in [1.29, 1.82) is 0 Å². The number of fused-ring (bicyclic) bond motifs is 1. The minimum atomic E-state index is -3.19. The lowest BCUT2D eigenvalue weighted by Crippen LogP contribution is -2.31. The van der Waals surface area contributed by atoms with Gasteiger partial charge in [-0.05, 0) is 12.1 Å². The van der Waals surface area contributed by atoms with Gasteiger partial charge >= 0.3 is 0 Å².